The standard InChI is InChI=1S/C18H23N3O3/c1-19-17(23)13-15(18(19)24)20-9-11-21(12-10-20)16(22)8-7-14-5-3-2-4-6-14/h2-6,15H,7-13H2,1H3. The number of benzene rings is 1. The highest BCUT2D eigenvalue weighted by Gasteiger charge is 2.40. The smallest absolute Gasteiger partial charge is 0.246 e. The Morgan fingerprint density at radius 2 is 1.75 bits per heavy atom. The molecule has 6 nitrogen and oxygen atoms in total. The minimum atomic E-state index is -0.343. The lowest BCUT2D eigenvalue weighted by Crippen LogP contribution is -2.53. The van der Waals surface area contributed by atoms with Crippen LogP contribution in [0.25, 0.3) is 0 Å². The molecule has 0 aliphatic carbocycles. The molecule has 128 valence electrons. The lowest BCUT2D eigenvalue weighted by atomic mass is 10.1. The van der Waals surface area contributed by atoms with Gasteiger partial charge in [0, 0.05) is 39.6 Å². The van der Waals surface area contributed by atoms with Crippen LogP contribution in [0.2, 0.25) is 0 Å². The summed E-state index contributed by atoms with van der Waals surface area (Å²) in [7, 11) is 1.54. The van der Waals surface area contributed by atoms with Gasteiger partial charge in [-0.3, -0.25) is 24.2 Å². The number of rotatable bonds is 4. The van der Waals surface area contributed by atoms with Crippen molar-refractivity contribution in [2.45, 2.75) is 25.3 Å². The number of imide groups is 1. The molecule has 2 saturated heterocycles. The molecule has 0 N–H and O–H groups in total. The molecule has 0 spiro atoms. The number of likely N-dealkylation sites (N-methyl/N-ethyl adjacent to an activating group) is 1. The molecule has 2 fully saturated rings. The molecule has 0 bridgehead atoms. The minimum absolute atomic E-state index is 0.119. The summed E-state index contributed by atoms with van der Waals surface area (Å²) in [4.78, 5) is 41.2. The van der Waals surface area contributed by atoms with Gasteiger partial charge < -0.3 is 4.90 Å². The van der Waals surface area contributed by atoms with Gasteiger partial charge in [0.05, 0.1) is 12.5 Å². The molecule has 1 aromatic carbocycles. The Balaban J connectivity index is 1.47. The van der Waals surface area contributed by atoms with Crippen molar-refractivity contribution in [1.29, 1.82) is 0 Å². The Hall–Kier alpha value is -2.21. The van der Waals surface area contributed by atoms with E-state index < -0.39 is 0 Å². The van der Waals surface area contributed by atoms with Gasteiger partial charge in [0.1, 0.15) is 0 Å². The number of amides is 3. The molecule has 1 unspecified atom stereocenters. The molecular weight excluding hydrogens is 306 g/mol. The molecule has 0 aromatic heterocycles. The van der Waals surface area contributed by atoms with Crippen molar-refractivity contribution in [2.75, 3.05) is 33.2 Å². The van der Waals surface area contributed by atoms with E-state index in [9.17, 15) is 14.4 Å². The summed E-state index contributed by atoms with van der Waals surface area (Å²) in [6, 6.07) is 9.65. The first kappa shape index (κ1) is 16.6. The van der Waals surface area contributed by atoms with Crippen molar-refractivity contribution in [3.8, 4) is 0 Å². The molecule has 2 aliphatic heterocycles. The van der Waals surface area contributed by atoms with E-state index in [1.54, 1.807) is 0 Å². The van der Waals surface area contributed by atoms with Crippen LogP contribution in [0.3, 0.4) is 0 Å². The normalized spacial score (nSPS) is 22.3. The highest BCUT2D eigenvalue weighted by Crippen LogP contribution is 2.19. The lowest BCUT2D eigenvalue weighted by Gasteiger charge is -2.37. The van der Waals surface area contributed by atoms with Crippen molar-refractivity contribution < 1.29 is 14.4 Å². The van der Waals surface area contributed by atoms with E-state index in [2.05, 4.69) is 0 Å². The number of hydrogen-bond acceptors (Lipinski definition) is 4. The maximum Gasteiger partial charge on any atom is 0.246 e. The number of piperazine rings is 1. The number of likely N-dealkylation sites (tertiary alicyclic amines) is 1. The number of carbonyl (C=O) groups excluding carboxylic acids is 3. The van der Waals surface area contributed by atoms with E-state index in [1.807, 2.05) is 40.1 Å². The third-order valence-corrected chi connectivity index (χ3v) is 4.94. The molecule has 2 aliphatic rings. The van der Waals surface area contributed by atoms with E-state index in [1.165, 1.54) is 17.5 Å². The van der Waals surface area contributed by atoms with Crippen LogP contribution in [-0.2, 0) is 20.8 Å². The third kappa shape index (κ3) is 3.48. The van der Waals surface area contributed by atoms with E-state index >= 15 is 0 Å². The van der Waals surface area contributed by atoms with Gasteiger partial charge in [0.2, 0.25) is 17.7 Å². The first-order chi connectivity index (χ1) is 11.6. The Labute approximate surface area is 142 Å². The Morgan fingerprint density at radius 1 is 1.08 bits per heavy atom. The second-order valence-corrected chi connectivity index (χ2v) is 6.41. The molecule has 3 amide bonds. The van der Waals surface area contributed by atoms with Crippen molar-refractivity contribution in [2.24, 2.45) is 0 Å². The van der Waals surface area contributed by atoms with Gasteiger partial charge in [-0.05, 0) is 12.0 Å². The topological polar surface area (TPSA) is 60.9 Å². The SMILES string of the molecule is CN1C(=O)CC(N2CCN(C(=O)CCc3ccccc3)CC2)C1=O. The van der Waals surface area contributed by atoms with Crippen LogP contribution < -0.4 is 0 Å². The van der Waals surface area contributed by atoms with Gasteiger partial charge in [-0.25, -0.2) is 0 Å². The van der Waals surface area contributed by atoms with Gasteiger partial charge in [0.15, 0.2) is 0 Å². The molecular formula is C18H23N3O3. The third-order valence-electron chi connectivity index (χ3n) is 4.94. The first-order valence-electron chi connectivity index (χ1n) is 8.42. The van der Waals surface area contributed by atoms with Crippen LogP contribution in [0, 0.1) is 0 Å². The van der Waals surface area contributed by atoms with Crippen molar-refractivity contribution >= 4 is 17.7 Å². The van der Waals surface area contributed by atoms with Crippen LogP contribution in [0.1, 0.15) is 18.4 Å². The zero-order valence-corrected chi connectivity index (χ0v) is 14.0. The molecule has 3 rings (SSSR count). The maximum atomic E-state index is 12.3. The van der Waals surface area contributed by atoms with E-state index in [-0.39, 0.29) is 30.2 Å². The molecule has 24 heavy (non-hydrogen) atoms. The maximum absolute atomic E-state index is 12.3. The van der Waals surface area contributed by atoms with Crippen LogP contribution >= 0.6 is 0 Å². The van der Waals surface area contributed by atoms with Crippen LogP contribution in [0.4, 0.5) is 0 Å². The Morgan fingerprint density at radius 3 is 2.33 bits per heavy atom. The van der Waals surface area contributed by atoms with Crippen LogP contribution in [0.5, 0.6) is 0 Å². The van der Waals surface area contributed by atoms with Crippen LogP contribution in [-0.4, -0.2) is 71.7 Å². The number of aryl methyl sites for hydroxylation is 1. The predicted octanol–water partition coefficient (Wildman–Crippen LogP) is 0.521. The summed E-state index contributed by atoms with van der Waals surface area (Å²) in [5, 5.41) is 0. The highest BCUT2D eigenvalue weighted by atomic mass is 16.2. The number of nitrogens with zero attached hydrogens (tertiary/aromatic N) is 3. The van der Waals surface area contributed by atoms with Gasteiger partial charge in [-0.1, -0.05) is 30.3 Å². The average molecular weight is 329 g/mol. The van der Waals surface area contributed by atoms with E-state index in [0.717, 1.165) is 6.42 Å². The van der Waals surface area contributed by atoms with E-state index in [0.29, 0.717) is 32.6 Å². The average Bonchev–Trinajstić information content (AvgIpc) is 2.88. The lowest BCUT2D eigenvalue weighted by molar-refractivity contribution is -0.138. The molecule has 1 aromatic rings. The summed E-state index contributed by atoms with van der Waals surface area (Å²) in [5.74, 6) is -0.0836. The second kappa shape index (κ2) is 7.13. The molecule has 2 heterocycles. The van der Waals surface area contributed by atoms with Gasteiger partial charge in [-0.2, -0.15) is 0 Å². The summed E-state index contributed by atoms with van der Waals surface area (Å²) >= 11 is 0. The zero-order valence-electron chi connectivity index (χ0n) is 14.0. The molecule has 1 atom stereocenters. The number of hydrogen-bond donors (Lipinski definition) is 0. The second-order valence-electron chi connectivity index (χ2n) is 6.41. The largest absolute Gasteiger partial charge is 0.340 e. The monoisotopic (exact) mass is 329 g/mol. The predicted molar refractivity (Wildman–Crippen MR) is 89.1 cm³/mol. The van der Waals surface area contributed by atoms with Crippen molar-refractivity contribution in [3.05, 3.63) is 35.9 Å². The Kier molecular flexibility index (Phi) is 4.94. The van der Waals surface area contributed by atoms with Gasteiger partial charge >= 0.3 is 0 Å². The summed E-state index contributed by atoms with van der Waals surface area (Å²) in [6.07, 6.45) is 1.52. The highest BCUT2D eigenvalue weighted by molar-refractivity contribution is 6.05. The van der Waals surface area contributed by atoms with Gasteiger partial charge in [0.25, 0.3) is 0 Å². The molecule has 0 radical (unpaired) electrons. The quantitative estimate of drug-likeness (QED) is 0.756. The van der Waals surface area contributed by atoms with Crippen LogP contribution in [0.15, 0.2) is 30.3 Å². The summed E-state index contributed by atoms with van der Waals surface area (Å²) < 4.78 is 0. The summed E-state index contributed by atoms with van der Waals surface area (Å²) in [5.41, 5.74) is 1.17. The molecule has 0 saturated carbocycles. The minimum Gasteiger partial charge on any atom is -0.340 e. The first-order valence-corrected chi connectivity index (χ1v) is 8.42. The van der Waals surface area contributed by atoms with Crippen molar-refractivity contribution in [1.82, 2.24) is 14.7 Å². The fraction of sp³-hybridized carbons (Fsp3) is 0.500. The number of carbonyl (C=O) groups is 3. The Bertz CT molecular complexity index is 624. The fourth-order valence-corrected chi connectivity index (χ4v) is 3.36. The molecule has 6 heteroatoms. The summed E-state index contributed by atoms with van der Waals surface area (Å²) in [6.45, 7) is 2.54. The fourth-order valence-electron chi connectivity index (χ4n) is 3.36. The van der Waals surface area contributed by atoms with E-state index in [4.69, 9.17) is 0 Å². The zero-order chi connectivity index (χ0) is 17.1. The van der Waals surface area contributed by atoms with Gasteiger partial charge in [-0.15, -0.1) is 0 Å². The van der Waals surface area contributed by atoms with Crippen molar-refractivity contribution in [3.63, 3.8) is 0 Å².